The van der Waals surface area contributed by atoms with Crippen LogP contribution in [-0.2, 0) is 0 Å². The first kappa shape index (κ1) is 11.2. The standard InChI is InChI=1S/C15H19N/c1-12(14-5-3-2-4-6-14)15-9-7-13(11-16)8-10-15/h7-10,12,14H,2-6H2,1H3. The van der Waals surface area contributed by atoms with E-state index < -0.39 is 0 Å². The summed E-state index contributed by atoms with van der Waals surface area (Å²) in [6, 6.07) is 10.3. The van der Waals surface area contributed by atoms with E-state index in [1.807, 2.05) is 12.1 Å². The maximum atomic E-state index is 8.77. The summed E-state index contributed by atoms with van der Waals surface area (Å²) in [5, 5.41) is 8.77. The van der Waals surface area contributed by atoms with Gasteiger partial charge in [0.05, 0.1) is 11.6 Å². The van der Waals surface area contributed by atoms with Gasteiger partial charge in [0.15, 0.2) is 0 Å². The third kappa shape index (κ3) is 2.44. The minimum absolute atomic E-state index is 0.646. The fraction of sp³-hybridized carbons (Fsp3) is 0.533. The Morgan fingerprint density at radius 2 is 1.75 bits per heavy atom. The minimum Gasteiger partial charge on any atom is -0.192 e. The van der Waals surface area contributed by atoms with Crippen LogP contribution in [0.5, 0.6) is 0 Å². The Bertz CT molecular complexity index is 365. The summed E-state index contributed by atoms with van der Waals surface area (Å²) in [6.07, 6.45) is 6.95. The average molecular weight is 213 g/mol. The highest BCUT2D eigenvalue weighted by atomic mass is 14.3. The number of hydrogen-bond donors (Lipinski definition) is 0. The van der Waals surface area contributed by atoms with E-state index in [0.29, 0.717) is 5.92 Å². The van der Waals surface area contributed by atoms with Crippen LogP contribution in [0.4, 0.5) is 0 Å². The maximum Gasteiger partial charge on any atom is 0.0991 e. The number of hydrogen-bond acceptors (Lipinski definition) is 1. The second-order valence-corrected chi connectivity index (χ2v) is 4.92. The van der Waals surface area contributed by atoms with Gasteiger partial charge in [-0.25, -0.2) is 0 Å². The molecule has 0 N–H and O–H groups in total. The molecule has 0 saturated heterocycles. The summed E-state index contributed by atoms with van der Waals surface area (Å²) >= 11 is 0. The summed E-state index contributed by atoms with van der Waals surface area (Å²) in [5.74, 6) is 1.50. The molecule has 0 spiro atoms. The molecule has 1 saturated carbocycles. The third-order valence-corrected chi connectivity index (χ3v) is 3.92. The van der Waals surface area contributed by atoms with Crippen molar-refractivity contribution in [1.29, 1.82) is 5.26 Å². The number of benzene rings is 1. The predicted molar refractivity (Wildman–Crippen MR) is 66.1 cm³/mol. The maximum absolute atomic E-state index is 8.77. The van der Waals surface area contributed by atoms with Crippen molar-refractivity contribution >= 4 is 0 Å². The van der Waals surface area contributed by atoms with Gasteiger partial charge in [-0.05, 0) is 42.4 Å². The van der Waals surface area contributed by atoms with Crippen molar-refractivity contribution in [2.75, 3.05) is 0 Å². The van der Waals surface area contributed by atoms with Gasteiger partial charge in [0.2, 0.25) is 0 Å². The van der Waals surface area contributed by atoms with Gasteiger partial charge < -0.3 is 0 Å². The Morgan fingerprint density at radius 3 is 2.31 bits per heavy atom. The SMILES string of the molecule is CC(c1ccc(C#N)cc1)C1CCCCC1. The van der Waals surface area contributed by atoms with Crippen LogP contribution in [0.15, 0.2) is 24.3 Å². The van der Waals surface area contributed by atoms with Crippen LogP contribution in [0.2, 0.25) is 0 Å². The van der Waals surface area contributed by atoms with Crippen LogP contribution in [0, 0.1) is 17.2 Å². The number of rotatable bonds is 2. The first-order valence-corrected chi connectivity index (χ1v) is 6.31. The summed E-state index contributed by atoms with van der Waals surface area (Å²) in [4.78, 5) is 0. The Kier molecular flexibility index (Phi) is 3.62. The van der Waals surface area contributed by atoms with E-state index in [4.69, 9.17) is 5.26 Å². The molecule has 0 aliphatic heterocycles. The van der Waals surface area contributed by atoms with Crippen molar-refractivity contribution < 1.29 is 0 Å². The molecule has 0 amide bonds. The molecule has 1 nitrogen and oxygen atoms in total. The Labute approximate surface area is 98.1 Å². The molecular formula is C15H19N. The molecule has 1 atom stereocenters. The van der Waals surface area contributed by atoms with Gasteiger partial charge in [-0.3, -0.25) is 0 Å². The number of nitrogens with zero attached hydrogens (tertiary/aromatic N) is 1. The highest BCUT2D eigenvalue weighted by molar-refractivity contribution is 5.33. The lowest BCUT2D eigenvalue weighted by Gasteiger charge is -2.27. The van der Waals surface area contributed by atoms with Crippen molar-refractivity contribution in [3.8, 4) is 6.07 Å². The molecule has 0 heterocycles. The van der Waals surface area contributed by atoms with Crippen LogP contribution >= 0.6 is 0 Å². The van der Waals surface area contributed by atoms with E-state index in [2.05, 4.69) is 25.1 Å². The third-order valence-electron chi connectivity index (χ3n) is 3.92. The van der Waals surface area contributed by atoms with Gasteiger partial charge in [0.1, 0.15) is 0 Å². The van der Waals surface area contributed by atoms with Crippen LogP contribution in [0.3, 0.4) is 0 Å². The van der Waals surface area contributed by atoms with E-state index in [1.54, 1.807) is 0 Å². The normalized spacial score (nSPS) is 19.0. The molecule has 16 heavy (non-hydrogen) atoms. The van der Waals surface area contributed by atoms with E-state index in [0.717, 1.165) is 11.5 Å². The van der Waals surface area contributed by atoms with Crippen LogP contribution < -0.4 is 0 Å². The van der Waals surface area contributed by atoms with E-state index in [9.17, 15) is 0 Å². The smallest absolute Gasteiger partial charge is 0.0991 e. The zero-order valence-corrected chi connectivity index (χ0v) is 9.95. The average Bonchev–Trinajstić information content (AvgIpc) is 2.39. The highest BCUT2D eigenvalue weighted by Gasteiger charge is 2.20. The molecule has 1 fully saturated rings. The van der Waals surface area contributed by atoms with Crippen molar-refractivity contribution in [2.24, 2.45) is 5.92 Å². The quantitative estimate of drug-likeness (QED) is 0.720. The fourth-order valence-electron chi connectivity index (χ4n) is 2.77. The summed E-state index contributed by atoms with van der Waals surface area (Å²) in [6.45, 7) is 2.33. The van der Waals surface area contributed by atoms with E-state index in [-0.39, 0.29) is 0 Å². The van der Waals surface area contributed by atoms with Crippen molar-refractivity contribution in [1.82, 2.24) is 0 Å². The minimum atomic E-state index is 0.646. The van der Waals surface area contributed by atoms with Crippen LogP contribution in [-0.4, -0.2) is 0 Å². The topological polar surface area (TPSA) is 23.8 Å². The monoisotopic (exact) mass is 213 g/mol. The second-order valence-electron chi connectivity index (χ2n) is 4.92. The van der Waals surface area contributed by atoms with Gasteiger partial charge in [-0.1, -0.05) is 38.3 Å². The molecule has 2 rings (SSSR count). The van der Waals surface area contributed by atoms with Crippen molar-refractivity contribution in [3.63, 3.8) is 0 Å². The lowest BCUT2D eigenvalue weighted by Crippen LogP contribution is -2.13. The van der Waals surface area contributed by atoms with E-state index in [1.165, 1.54) is 37.7 Å². The molecule has 1 aliphatic carbocycles. The van der Waals surface area contributed by atoms with Gasteiger partial charge in [-0.15, -0.1) is 0 Å². The molecule has 0 bridgehead atoms. The second kappa shape index (κ2) is 5.16. The Balaban J connectivity index is 2.07. The summed E-state index contributed by atoms with van der Waals surface area (Å²) in [5.41, 5.74) is 2.16. The lowest BCUT2D eigenvalue weighted by molar-refractivity contribution is 0.316. The van der Waals surface area contributed by atoms with E-state index >= 15 is 0 Å². The Morgan fingerprint density at radius 1 is 1.12 bits per heavy atom. The molecule has 0 radical (unpaired) electrons. The van der Waals surface area contributed by atoms with Gasteiger partial charge in [0, 0.05) is 0 Å². The molecule has 84 valence electrons. The van der Waals surface area contributed by atoms with Gasteiger partial charge in [0.25, 0.3) is 0 Å². The molecule has 1 heteroatoms. The molecule has 1 aromatic carbocycles. The molecule has 1 aromatic rings. The van der Waals surface area contributed by atoms with Crippen LogP contribution in [0.1, 0.15) is 56.1 Å². The van der Waals surface area contributed by atoms with Gasteiger partial charge >= 0.3 is 0 Å². The first-order valence-electron chi connectivity index (χ1n) is 6.31. The highest BCUT2D eigenvalue weighted by Crippen LogP contribution is 2.35. The Hall–Kier alpha value is -1.29. The molecule has 1 aliphatic rings. The lowest BCUT2D eigenvalue weighted by atomic mass is 9.78. The largest absolute Gasteiger partial charge is 0.192 e. The van der Waals surface area contributed by atoms with Crippen molar-refractivity contribution in [3.05, 3.63) is 35.4 Å². The number of nitriles is 1. The predicted octanol–water partition coefficient (Wildman–Crippen LogP) is 4.24. The summed E-state index contributed by atoms with van der Waals surface area (Å²) < 4.78 is 0. The first-order chi connectivity index (χ1) is 7.81. The zero-order chi connectivity index (χ0) is 11.4. The zero-order valence-electron chi connectivity index (χ0n) is 9.95. The summed E-state index contributed by atoms with van der Waals surface area (Å²) in [7, 11) is 0. The molecule has 0 aromatic heterocycles. The molecule has 1 unspecified atom stereocenters. The molecular weight excluding hydrogens is 194 g/mol. The fourth-order valence-corrected chi connectivity index (χ4v) is 2.77. The van der Waals surface area contributed by atoms with Crippen molar-refractivity contribution in [2.45, 2.75) is 44.9 Å². The van der Waals surface area contributed by atoms with Gasteiger partial charge in [-0.2, -0.15) is 5.26 Å². The van der Waals surface area contributed by atoms with Crippen LogP contribution in [0.25, 0.3) is 0 Å².